The molecule has 0 radical (unpaired) electrons. The second-order valence-electron chi connectivity index (χ2n) is 4.90. The molecule has 1 aliphatic rings. The number of benzene rings is 1. The highest BCUT2D eigenvalue weighted by molar-refractivity contribution is 5.95. The molecular formula is C15H22N2O. The van der Waals surface area contributed by atoms with E-state index in [1.165, 1.54) is 11.3 Å². The van der Waals surface area contributed by atoms with Crippen LogP contribution in [-0.2, 0) is 6.42 Å². The molecule has 1 atom stereocenters. The number of nitrogens with zero attached hydrogens (tertiary/aromatic N) is 1. The Morgan fingerprint density at radius 2 is 2.22 bits per heavy atom. The van der Waals surface area contributed by atoms with Crippen LogP contribution in [0.15, 0.2) is 18.2 Å². The molecule has 18 heavy (non-hydrogen) atoms. The lowest BCUT2D eigenvalue weighted by Crippen LogP contribution is -2.38. The minimum atomic E-state index is 0.154. The maximum atomic E-state index is 12.5. The van der Waals surface area contributed by atoms with Gasteiger partial charge in [-0.3, -0.25) is 4.79 Å². The summed E-state index contributed by atoms with van der Waals surface area (Å²) < 4.78 is 0. The Morgan fingerprint density at radius 3 is 2.89 bits per heavy atom. The van der Waals surface area contributed by atoms with Crippen LogP contribution in [0.5, 0.6) is 0 Å². The van der Waals surface area contributed by atoms with Crippen LogP contribution in [-0.4, -0.2) is 29.9 Å². The molecule has 0 aromatic heterocycles. The van der Waals surface area contributed by atoms with Crippen molar-refractivity contribution in [1.29, 1.82) is 0 Å². The average molecular weight is 246 g/mol. The summed E-state index contributed by atoms with van der Waals surface area (Å²) in [5.74, 6) is 0.154. The lowest BCUT2D eigenvalue weighted by molar-refractivity contribution is 0.0700. The van der Waals surface area contributed by atoms with E-state index in [-0.39, 0.29) is 5.91 Å². The Labute approximate surface area is 109 Å². The number of carbonyl (C=O) groups excluding carboxylic acids is 1. The molecule has 0 bridgehead atoms. The first-order valence-electron chi connectivity index (χ1n) is 6.85. The predicted molar refractivity (Wildman–Crippen MR) is 75.1 cm³/mol. The van der Waals surface area contributed by atoms with E-state index >= 15 is 0 Å². The van der Waals surface area contributed by atoms with Gasteiger partial charge >= 0.3 is 0 Å². The largest absolute Gasteiger partial charge is 0.384 e. The SMILES string of the molecule is CCC(C)N(CC)C(=O)c1ccc2c(c1)CCN2. The number of hydrogen-bond acceptors (Lipinski definition) is 2. The topological polar surface area (TPSA) is 32.3 Å². The fraction of sp³-hybridized carbons (Fsp3) is 0.533. The third-order valence-electron chi connectivity index (χ3n) is 3.79. The van der Waals surface area contributed by atoms with Crippen LogP contribution < -0.4 is 5.32 Å². The maximum Gasteiger partial charge on any atom is 0.254 e. The van der Waals surface area contributed by atoms with E-state index < -0.39 is 0 Å². The molecule has 0 aliphatic carbocycles. The minimum Gasteiger partial charge on any atom is -0.384 e. The highest BCUT2D eigenvalue weighted by atomic mass is 16.2. The van der Waals surface area contributed by atoms with E-state index in [1.54, 1.807) is 0 Å². The second kappa shape index (κ2) is 5.42. The van der Waals surface area contributed by atoms with Gasteiger partial charge in [0.2, 0.25) is 0 Å². The molecule has 0 fully saturated rings. The van der Waals surface area contributed by atoms with Gasteiger partial charge in [0.05, 0.1) is 0 Å². The van der Waals surface area contributed by atoms with Crippen molar-refractivity contribution < 1.29 is 4.79 Å². The molecule has 1 N–H and O–H groups in total. The van der Waals surface area contributed by atoms with Gasteiger partial charge in [-0.2, -0.15) is 0 Å². The number of nitrogens with one attached hydrogen (secondary N) is 1. The molecule has 2 rings (SSSR count). The first-order valence-corrected chi connectivity index (χ1v) is 6.85. The van der Waals surface area contributed by atoms with Crippen molar-refractivity contribution in [3.63, 3.8) is 0 Å². The number of hydrogen-bond donors (Lipinski definition) is 1. The smallest absolute Gasteiger partial charge is 0.254 e. The summed E-state index contributed by atoms with van der Waals surface area (Å²) in [6.07, 6.45) is 2.01. The first-order chi connectivity index (χ1) is 8.67. The summed E-state index contributed by atoms with van der Waals surface area (Å²) in [4.78, 5) is 14.4. The molecule has 98 valence electrons. The molecule has 3 heteroatoms. The van der Waals surface area contributed by atoms with Crippen molar-refractivity contribution in [3.8, 4) is 0 Å². The Kier molecular flexibility index (Phi) is 3.90. The van der Waals surface area contributed by atoms with E-state index in [9.17, 15) is 4.79 Å². The highest BCUT2D eigenvalue weighted by Gasteiger charge is 2.20. The molecular weight excluding hydrogens is 224 g/mol. The van der Waals surface area contributed by atoms with Crippen molar-refractivity contribution >= 4 is 11.6 Å². The van der Waals surface area contributed by atoms with Crippen molar-refractivity contribution in [1.82, 2.24) is 4.90 Å². The second-order valence-corrected chi connectivity index (χ2v) is 4.90. The lowest BCUT2D eigenvalue weighted by Gasteiger charge is -2.27. The van der Waals surface area contributed by atoms with Gasteiger partial charge in [0.1, 0.15) is 0 Å². The molecule has 1 unspecified atom stereocenters. The van der Waals surface area contributed by atoms with Crippen LogP contribution in [0.4, 0.5) is 5.69 Å². The van der Waals surface area contributed by atoms with Crippen LogP contribution in [0.1, 0.15) is 43.1 Å². The van der Waals surface area contributed by atoms with Gasteiger partial charge in [0.25, 0.3) is 5.91 Å². The van der Waals surface area contributed by atoms with Crippen molar-refractivity contribution in [2.24, 2.45) is 0 Å². The Hall–Kier alpha value is -1.51. The van der Waals surface area contributed by atoms with Crippen LogP contribution in [0.3, 0.4) is 0 Å². The fourth-order valence-corrected chi connectivity index (χ4v) is 2.48. The van der Waals surface area contributed by atoms with Gasteiger partial charge in [0.15, 0.2) is 0 Å². The van der Waals surface area contributed by atoms with Crippen molar-refractivity contribution in [3.05, 3.63) is 29.3 Å². The molecule has 0 spiro atoms. The van der Waals surface area contributed by atoms with Crippen LogP contribution in [0, 0.1) is 0 Å². The third kappa shape index (κ3) is 2.35. The van der Waals surface area contributed by atoms with E-state index in [4.69, 9.17) is 0 Å². The Balaban J connectivity index is 2.22. The van der Waals surface area contributed by atoms with Gasteiger partial charge in [-0.05, 0) is 50.5 Å². The summed E-state index contributed by atoms with van der Waals surface area (Å²) in [5.41, 5.74) is 3.26. The van der Waals surface area contributed by atoms with Gasteiger partial charge in [-0.15, -0.1) is 0 Å². The van der Waals surface area contributed by atoms with Gasteiger partial charge in [-0.25, -0.2) is 0 Å². The minimum absolute atomic E-state index is 0.154. The van der Waals surface area contributed by atoms with Gasteiger partial charge < -0.3 is 10.2 Å². The summed E-state index contributed by atoms with van der Waals surface area (Å²) in [5, 5.41) is 3.32. The molecule has 1 heterocycles. The molecule has 1 aromatic rings. The first kappa shape index (κ1) is 12.9. The summed E-state index contributed by atoms with van der Waals surface area (Å²) in [6.45, 7) is 8.02. The normalized spacial score (nSPS) is 14.8. The molecule has 3 nitrogen and oxygen atoms in total. The zero-order chi connectivity index (χ0) is 13.1. The Morgan fingerprint density at radius 1 is 1.44 bits per heavy atom. The third-order valence-corrected chi connectivity index (χ3v) is 3.79. The number of fused-ring (bicyclic) bond motifs is 1. The van der Waals surface area contributed by atoms with Crippen LogP contribution >= 0.6 is 0 Å². The average Bonchev–Trinajstić information content (AvgIpc) is 2.86. The molecule has 0 saturated carbocycles. The van der Waals surface area contributed by atoms with Crippen molar-refractivity contribution in [2.45, 2.75) is 39.7 Å². The van der Waals surface area contributed by atoms with E-state index in [2.05, 4.69) is 19.2 Å². The molecule has 1 aromatic carbocycles. The van der Waals surface area contributed by atoms with Gasteiger partial charge in [0, 0.05) is 30.4 Å². The van der Waals surface area contributed by atoms with E-state index in [1.807, 2.05) is 30.0 Å². The van der Waals surface area contributed by atoms with Crippen LogP contribution in [0.2, 0.25) is 0 Å². The quantitative estimate of drug-likeness (QED) is 0.886. The lowest BCUT2D eigenvalue weighted by atomic mass is 10.1. The van der Waals surface area contributed by atoms with E-state index in [0.717, 1.165) is 31.5 Å². The van der Waals surface area contributed by atoms with Gasteiger partial charge in [-0.1, -0.05) is 6.92 Å². The van der Waals surface area contributed by atoms with Crippen molar-refractivity contribution in [2.75, 3.05) is 18.4 Å². The summed E-state index contributed by atoms with van der Waals surface area (Å²) in [7, 11) is 0. The Bertz CT molecular complexity index is 442. The standard InChI is InChI=1S/C15H22N2O/c1-4-11(3)17(5-2)15(18)13-6-7-14-12(10-13)8-9-16-14/h6-7,10-11,16H,4-5,8-9H2,1-3H3. The number of rotatable bonds is 4. The molecule has 1 aliphatic heterocycles. The highest BCUT2D eigenvalue weighted by Crippen LogP contribution is 2.24. The molecule has 1 amide bonds. The number of carbonyl (C=O) groups is 1. The number of anilines is 1. The molecule has 0 saturated heterocycles. The summed E-state index contributed by atoms with van der Waals surface area (Å²) >= 11 is 0. The maximum absolute atomic E-state index is 12.5. The fourth-order valence-electron chi connectivity index (χ4n) is 2.48. The summed E-state index contributed by atoms with van der Waals surface area (Å²) in [6, 6.07) is 6.31. The zero-order valence-corrected chi connectivity index (χ0v) is 11.5. The van der Waals surface area contributed by atoms with E-state index in [0.29, 0.717) is 6.04 Å². The monoisotopic (exact) mass is 246 g/mol. The van der Waals surface area contributed by atoms with Crippen LogP contribution in [0.25, 0.3) is 0 Å². The zero-order valence-electron chi connectivity index (χ0n) is 11.5. The predicted octanol–water partition coefficient (Wildman–Crippen LogP) is 2.92. The number of amides is 1.